The third-order valence-electron chi connectivity index (χ3n) is 5.39. The Labute approximate surface area is 174 Å². The van der Waals surface area contributed by atoms with E-state index in [1.165, 1.54) is 16.9 Å². The molecule has 2 aromatic rings. The predicted octanol–water partition coefficient (Wildman–Crippen LogP) is 5.32. The number of carboxylic acid groups (broad SMARTS) is 1. The van der Waals surface area contributed by atoms with Crippen molar-refractivity contribution in [3.63, 3.8) is 0 Å². The van der Waals surface area contributed by atoms with Gasteiger partial charge in [0.15, 0.2) is 0 Å². The maximum absolute atomic E-state index is 12.8. The summed E-state index contributed by atoms with van der Waals surface area (Å²) < 4.78 is 0. The van der Waals surface area contributed by atoms with Crippen LogP contribution >= 0.6 is 11.3 Å². The number of carbonyl (C=O) groups is 2. The number of anilines is 1. The molecule has 0 aliphatic heterocycles. The minimum Gasteiger partial charge on any atom is -0.481 e. The number of carbonyl (C=O) groups excluding carboxylic acids is 1. The standard InChI is InChI=1S/C23H24N2O3S/c1-13(2)15-8-10-16(11-9-15)20-14(3)29-22(19(20)12-24)25-21(26)17-6-4-5-7-18(17)23(27)28/h4-5,8-11,13,17-18H,6-7H2,1-3H3,(H,25,26)(H,27,28)/t17-,18+/m1/s1. The largest absolute Gasteiger partial charge is 0.481 e. The van der Waals surface area contributed by atoms with Gasteiger partial charge in [-0.05, 0) is 36.8 Å². The van der Waals surface area contributed by atoms with Crippen LogP contribution in [0.4, 0.5) is 5.00 Å². The van der Waals surface area contributed by atoms with E-state index in [-0.39, 0.29) is 5.91 Å². The minimum atomic E-state index is -0.969. The Hall–Kier alpha value is -2.91. The van der Waals surface area contributed by atoms with Gasteiger partial charge in [-0.2, -0.15) is 5.26 Å². The summed E-state index contributed by atoms with van der Waals surface area (Å²) in [6.45, 7) is 6.18. The average molecular weight is 409 g/mol. The molecule has 0 saturated heterocycles. The Balaban J connectivity index is 1.91. The molecule has 0 saturated carbocycles. The summed E-state index contributed by atoms with van der Waals surface area (Å²) in [4.78, 5) is 25.3. The first kappa shape index (κ1) is 20.8. The van der Waals surface area contributed by atoms with Gasteiger partial charge in [0.1, 0.15) is 11.1 Å². The van der Waals surface area contributed by atoms with Crippen molar-refractivity contribution in [3.05, 3.63) is 52.4 Å². The molecule has 0 radical (unpaired) electrons. The Morgan fingerprint density at radius 3 is 2.34 bits per heavy atom. The fraction of sp³-hybridized carbons (Fsp3) is 0.348. The lowest BCUT2D eigenvalue weighted by atomic mass is 9.82. The highest BCUT2D eigenvalue weighted by molar-refractivity contribution is 7.17. The van der Waals surface area contributed by atoms with E-state index in [4.69, 9.17) is 0 Å². The van der Waals surface area contributed by atoms with Crippen LogP contribution in [0.25, 0.3) is 11.1 Å². The van der Waals surface area contributed by atoms with Gasteiger partial charge in [0.05, 0.1) is 17.4 Å². The molecule has 5 nitrogen and oxygen atoms in total. The molecule has 6 heteroatoms. The molecule has 1 aromatic heterocycles. The van der Waals surface area contributed by atoms with Gasteiger partial charge in [0.25, 0.3) is 0 Å². The zero-order chi connectivity index (χ0) is 21.1. The number of allylic oxidation sites excluding steroid dienone is 2. The first-order chi connectivity index (χ1) is 13.8. The van der Waals surface area contributed by atoms with Crippen LogP contribution < -0.4 is 5.32 Å². The van der Waals surface area contributed by atoms with Gasteiger partial charge in [-0.25, -0.2) is 0 Å². The van der Waals surface area contributed by atoms with Crippen molar-refractivity contribution in [2.45, 2.75) is 39.5 Å². The highest BCUT2D eigenvalue weighted by Crippen LogP contribution is 2.40. The molecular weight excluding hydrogens is 384 g/mol. The molecule has 2 atom stereocenters. The predicted molar refractivity (Wildman–Crippen MR) is 115 cm³/mol. The number of nitriles is 1. The molecule has 150 valence electrons. The molecule has 1 aliphatic rings. The minimum absolute atomic E-state index is 0.343. The number of amides is 1. The van der Waals surface area contributed by atoms with Crippen LogP contribution in [0.15, 0.2) is 36.4 Å². The molecule has 0 fully saturated rings. The normalized spacial score (nSPS) is 18.4. The van der Waals surface area contributed by atoms with Gasteiger partial charge in [-0.15, -0.1) is 11.3 Å². The molecule has 0 spiro atoms. The quantitative estimate of drug-likeness (QED) is 0.655. The van der Waals surface area contributed by atoms with E-state index in [9.17, 15) is 20.0 Å². The second-order valence-electron chi connectivity index (χ2n) is 7.61. The van der Waals surface area contributed by atoms with Crippen molar-refractivity contribution in [2.75, 3.05) is 5.32 Å². The highest BCUT2D eigenvalue weighted by Gasteiger charge is 2.34. The first-order valence-corrected chi connectivity index (χ1v) is 10.5. The van der Waals surface area contributed by atoms with Crippen molar-refractivity contribution < 1.29 is 14.7 Å². The Bertz CT molecular complexity index is 996. The molecule has 3 rings (SSSR count). The fourth-order valence-corrected chi connectivity index (χ4v) is 4.73. The lowest BCUT2D eigenvalue weighted by Crippen LogP contribution is -2.34. The molecule has 1 aliphatic carbocycles. The van der Waals surface area contributed by atoms with Gasteiger partial charge >= 0.3 is 5.97 Å². The molecule has 1 aromatic carbocycles. The molecule has 1 heterocycles. The van der Waals surface area contributed by atoms with Crippen molar-refractivity contribution in [1.82, 2.24) is 0 Å². The third-order valence-corrected chi connectivity index (χ3v) is 6.41. The summed E-state index contributed by atoms with van der Waals surface area (Å²) in [6.07, 6.45) is 4.38. The Morgan fingerprint density at radius 1 is 1.17 bits per heavy atom. The van der Waals surface area contributed by atoms with E-state index in [0.29, 0.717) is 29.3 Å². The SMILES string of the molecule is Cc1sc(NC(=O)[C@@H]2CC=CC[C@@H]2C(=O)O)c(C#N)c1-c1ccc(C(C)C)cc1. The summed E-state index contributed by atoms with van der Waals surface area (Å²) in [7, 11) is 0. The number of hydrogen-bond donors (Lipinski definition) is 2. The number of thiophene rings is 1. The molecule has 29 heavy (non-hydrogen) atoms. The topological polar surface area (TPSA) is 90.2 Å². The van der Waals surface area contributed by atoms with E-state index < -0.39 is 17.8 Å². The summed E-state index contributed by atoms with van der Waals surface area (Å²) in [5, 5.41) is 22.5. The lowest BCUT2D eigenvalue weighted by Gasteiger charge is -2.23. The number of hydrogen-bond acceptors (Lipinski definition) is 4. The van der Waals surface area contributed by atoms with Crippen molar-refractivity contribution >= 4 is 28.2 Å². The second kappa shape index (κ2) is 8.62. The van der Waals surface area contributed by atoms with E-state index in [1.807, 2.05) is 25.1 Å². The number of benzene rings is 1. The number of nitrogens with zero attached hydrogens (tertiary/aromatic N) is 1. The van der Waals surface area contributed by atoms with Crippen LogP contribution in [0.5, 0.6) is 0 Å². The molecule has 1 amide bonds. The van der Waals surface area contributed by atoms with Crippen LogP contribution in [-0.4, -0.2) is 17.0 Å². The van der Waals surface area contributed by atoms with Gasteiger partial charge in [-0.1, -0.05) is 50.3 Å². The van der Waals surface area contributed by atoms with E-state index >= 15 is 0 Å². The fourth-order valence-electron chi connectivity index (χ4n) is 3.70. The van der Waals surface area contributed by atoms with Crippen LogP contribution in [0, 0.1) is 30.1 Å². The molecule has 2 N–H and O–H groups in total. The van der Waals surface area contributed by atoms with Crippen LogP contribution in [-0.2, 0) is 9.59 Å². The van der Waals surface area contributed by atoms with Crippen LogP contribution in [0.1, 0.15) is 48.6 Å². The third kappa shape index (κ3) is 4.25. The highest BCUT2D eigenvalue weighted by atomic mass is 32.1. The van der Waals surface area contributed by atoms with Crippen molar-refractivity contribution in [3.8, 4) is 17.2 Å². The van der Waals surface area contributed by atoms with Crippen molar-refractivity contribution in [1.29, 1.82) is 5.26 Å². The number of aryl methyl sites for hydroxylation is 1. The van der Waals surface area contributed by atoms with E-state index in [2.05, 4.69) is 37.4 Å². The lowest BCUT2D eigenvalue weighted by molar-refractivity contribution is -0.146. The summed E-state index contributed by atoms with van der Waals surface area (Å²) in [6, 6.07) is 10.4. The number of carboxylic acids is 1. The number of nitrogens with one attached hydrogen (secondary N) is 1. The summed E-state index contributed by atoms with van der Waals surface area (Å²) in [5.41, 5.74) is 3.40. The van der Waals surface area contributed by atoms with E-state index in [0.717, 1.165) is 16.0 Å². The first-order valence-electron chi connectivity index (χ1n) is 9.66. The maximum atomic E-state index is 12.8. The molecule has 0 unspecified atom stereocenters. The molecular formula is C23H24N2O3S. The maximum Gasteiger partial charge on any atom is 0.307 e. The zero-order valence-electron chi connectivity index (χ0n) is 16.7. The Morgan fingerprint density at radius 2 is 1.79 bits per heavy atom. The number of aliphatic carboxylic acids is 1. The van der Waals surface area contributed by atoms with Gasteiger partial charge in [0, 0.05) is 10.4 Å². The molecule has 0 bridgehead atoms. The average Bonchev–Trinajstić information content (AvgIpc) is 3.02. The van der Waals surface area contributed by atoms with E-state index in [1.54, 1.807) is 6.08 Å². The zero-order valence-corrected chi connectivity index (χ0v) is 17.5. The smallest absolute Gasteiger partial charge is 0.307 e. The van der Waals surface area contributed by atoms with Crippen LogP contribution in [0.3, 0.4) is 0 Å². The van der Waals surface area contributed by atoms with Gasteiger partial charge < -0.3 is 10.4 Å². The van der Waals surface area contributed by atoms with Crippen molar-refractivity contribution in [2.24, 2.45) is 11.8 Å². The number of rotatable bonds is 5. The van der Waals surface area contributed by atoms with Gasteiger partial charge in [-0.3, -0.25) is 9.59 Å². The second-order valence-corrected chi connectivity index (χ2v) is 8.83. The Kier molecular flexibility index (Phi) is 6.19. The van der Waals surface area contributed by atoms with Gasteiger partial charge in [0.2, 0.25) is 5.91 Å². The monoisotopic (exact) mass is 408 g/mol. The summed E-state index contributed by atoms with van der Waals surface area (Å²) in [5.74, 6) is -2.27. The summed E-state index contributed by atoms with van der Waals surface area (Å²) >= 11 is 1.35. The van der Waals surface area contributed by atoms with Crippen LogP contribution in [0.2, 0.25) is 0 Å².